The van der Waals surface area contributed by atoms with Crippen LogP contribution in [0.3, 0.4) is 0 Å². The number of hydrogen-bond acceptors (Lipinski definition) is 1. The second-order valence-electron chi connectivity index (χ2n) is 3.12. The second kappa shape index (κ2) is 3.77. The van der Waals surface area contributed by atoms with E-state index in [9.17, 15) is 22.0 Å². The summed E-state index contributed by atoms with van der Waals surface area (Å²) < 4.78 is 62.4. The molecule has 6 heteroatoms. The Kier molecular flexibility index (Phi) is 2.99. The van der Waals surface area contributed by atoms with Gasteiger partial charge in [-0.3, -0.25) is 0 Å². The van der Waals surface area contributed by atoms with Crippen molar-refractivity contribution in [3.8, 4) is 0 Å². The van der Waals surface area contributed by atoms with E-state index in [-0.39, 0.29) is 5.56 Å². The van der Waals surface area contributed by atoms with E-state index in [4.69, 9.17) is 5.73 Å². The Morgan fingerprint density at radius 1 is 1.13 bits per heavy atom. The topological polar surface area (TPSA) is 26.0 Å². The minimum atomic E-state index is -4.90. The summed E-state index contributed by atoms with van der Waals surface area (Å²) in [5, 5.41) is 0. The highest BCUT2D eigenvalue weighted by molar-refractivity contribution is 5.29. The van der Waals surface area contributed by atoms with Crippen LogP contribution in [0.4, 0.5) is 22.0 Å². The summed E-state index contributed by atoms with van der Waals surface area (Å²) in [5.74, 6) is -3.45. The molecular formula is C9H8F5N. The highest BCUT2D eigenvalue weighted by Gasteiger charge is 2.36. The minimum absolute atomic E-state index is 0.277. The van der Waals surface area contributed by atoms with Gasteiger partial charge >= 0.3 is 6.18 Å². The van der Waals surface area contributed by atoms with Crippen molar-refractivity contribution in [2.24, 2.45) is 5.73 Å². The van der Waals surface area contributed by atoms with Gasteiger partial charge in [-0.05, 0) is 13.0 Å². The number of hydrogen-bond donors (Lipinski definition) is 1. The van der Waals surface area contributed by atoms with Crippen molar-refractivity contribution < 1.29 is 22.0 Å². The molecule has 84 valence electrons. The molecule has 1 aromatic rings. The van der Waals surface area contributed by atoms with Gasteiger partial charge in [0.25, 0.3) is 0 Å². The van der Waals surface area contributed by atoms with Crippen LogP contribution < -0.4 is 5.73 Å². The van der Waals surface area contributed by atoms with Gasteiger partial charge in [0.2, 0.25) is 0 Å². The zero-order valence-corrected chi connectivity index (χ0v) is 7.70. The number of alkyl halides is 3. The van der Waals surface area contributed by atoms with Crippen LogP contribution in [0.25, 0.3) is 0 Å². The van der Waals surface area contributed by atoms with Crippen molar-refractivity contribution in [1.29, 1.82) is 0 Å². The molecule has 0 aliphatic rings. The highest BCUT2D eigenvalue weighted by Crippen LogP contribution is 2.33. The Morgan fingerprint density at radius 2 is 1.67 bits per heavy atom. The predicted molar refractivity (Wildman–Crippen MR) is 44.0 cm³/mol. The van der Waals surface area contributed by atoms with E-state index in [1.165, 1.54) is 6.92 Å². The van der Waals surface area contributed by atoms with Gasteiger partial charge in [0, 0.05) is 11.6 Å². The molecule has 0 amide bonds. The Morgan fingerprint density at radius 3 is 2.07 bits per heavy atom. The third-order valence-corrected chi connectivity index (χ3v) is 1.91. The van der Waals surface area contributed by atoms with Gasteiger partial charge < -0.3 is 5.73 Å². The van der Waals surface area contributed by atoms with Gasteiger partial charge in [-0.1, -0.05) is 6.07 Å². The molecule has 0 fully saturated rings. The van der Waals surface area contributed by atoms with Gasteiger partial charge in [-0.15, -0.1) is 0 Å². The Hall–Kier alpha value is -1.17. The quantitative estimate of drug-likeness (QED) is 0.730. The lowest BCUT2D eigenvalue weighted by Gasteiger charge is -2.12. The molecule has 0 saturated heterocycles. The van der Waals surface area contributed by atoms with Gasteiger partial charge in [-0.25, -0.2) is 8.78 Å². The van der Waals surface area contributed by atoms with Crippen molar-refractivity contribution in [2.45, 2.75) is 19.1 Å². The smallest absolute Gasteiger partial charge is 0.324 e. The second-order valence-corrected chi connectivity index (χ2v) is 3.12. The molecule has 15 heavy (non-hydrogen) atoms. The highest BCUT2D eigenvalue weighted by atomic mass is 19.4. The molecule has 0 bridgehead atoms. The SMILES string of the molecule is CC(N)c1ccc(C(F)(F)F)c(F)c1F. The van der Waals surface area contributed by atoms with E-state index in [1.807, 2.05) is 0 Å². The van der Waals surface area contributed by atoms with E-state index in [0.717, 1.165) is 6.07 Å². The average Bonchev–Trinajstić information content (AvgIpc) is 2.06. The maximum atomic E-state index is 13.1. The molecule has 0 aromatic heterocycles. The lowest BCUT2D eigenvalue weighted by molar-refractivity contribution is -0.140. The monoisotopic (exact) mass is 225 g/mol. The van der Waals surface area contributed by atoms with Crippen LogP contribution in [0.5, 0.6) is 0 Å². The van der Waals surface area contributed by atoms with Crippen molar-refractivity contribution in [1.82, 2.24) is 0 Å². The molecule has 1 rings (SSSR count). The largest absolute Gasteiger partial charge is 0.419 e. The first-order chi connectivity index (χ1) is 6.75. The molecule has 0 spiro atoms. The van der Waals surface area contributed by atoms with Crippen LogP contribution in [0.15, 0.2) is 12.1 Å². The third kappa shape index (κ3) is 2.26. The summed E-state index contributed by atoms with van der Waals surface area (Å²) in [5.41, 5.74) is 3.36. The standard InChI is InChI=1S/C9H8F5N/c1-4(15)5-2-3-6(9(12,13)14)8(11)7(5)10/h2-4H,15H2,1H3. The van der Waals surface area contributed by atoms with E-state index in [0.29, 0.717) is 6.07 Å². The fourth-order valence-corrected chi connectivity index (χ4v) is 1.13. The molecule has 0 heterocycles. The summed E-state index contributed by atoms with van der Waals surface area (Å²) in [6.07, 6.45) is -4.90. The predicted octanol–water partition coefficient (Wildman–Crippen LogP) is 3.00. The van der Waals surface area contributed by atoms with Crippen molar-refractivity contribution in [3.05, 3.63) is 34.9 Å². The first-order valence-corrected chi connectivity index (χ1v) is 4.05. The van der Waals surface area contributed by atoms with Crippen molar-refractivity contribution >= 4 is 0 Å². The van der Waals surface area contributed by atoms with E-state index >= 15 is 0 Å². The first kappa shape index (κ1) is 11.9. The Labute approximate surface area is 82.7 Å². The number of rotatable bonds is 1. The number of halogens is 5. The fraction of sp³-hybridized carbons (Fsp3) is 0.333. The summed E-state index contributed by atoms with van der Waals surface area (Å²) in [4.78, 5) is 0. The maximum Gasteiger partial charge on any atom is 0.419 e. The molecule has 0 aliphatic carbocycles. The van der Waals surface area contributed by atoms with Crippen molar-refractivity contribution in [3.63, 3.8) is 0 Å². The van der Waals surface area contributed by atoms with E-state index < -0.39 is 29.4 Å². The van der Waals surface area contributed by atoms with Crippen LogP contribution >= 0.6 is 0 Å². The lowest BCUT2D eigenvalue weighted by atomic mass is 10.0. The van der Waals surface area contributed by atoms with Crippen LogP contribution in [-0.4, -0.2) is 0 Å². The fourth-order valence-electron chi connectivity index (χ4n) is 1.13. The number of benzene rings is 1. The van der Waals surface area contributed by atoms with E-state index in [1.54, 1.807) is 0 Å². The molecule has 2 N–H and O–H groups in total. The van der Waals surface area contributed by atoms with Crippen LogP contribution in [0.1, 0.15) is 24.1 Å². The van der Waals surface area contributed by atoms with Crippen LogP contribution in [-0.2, 0) is 6.18 Å². The van der Waals surface area contributed by atoms with Gasteiger partial charge in [-0.2, -0.15) is 13.2 Å². The van der Waals surface area contributed by atoms with Crippen molar-refractivity contribution in [2.75, 3.05) is 0 Å². The zero-order valence-electron chi connectivity index (χ0n) is 7.70. The zero-order chi connectivity index (χ0) is 11.8. The summed E-state index contributed by atoms with van der Waals surface area (Å²) in [7, 11) is 0. The average molecular weight is 225 g/mol. The normalized spacial score (nSPS) is 14.1. The van der Waals surface area contributed by atoms with Crippen LogP contribution in [0, 0.1) is 11.6 Å². The molecular weight excluding hydrogens is 217 g/mol. The lowest BCUT2D eigenvalue weighted by Crippen LogP contribution is -2.14. The molecule has 1 atom stereocenters. The molecule has 1 nitrogen and oxygen atoms in total. The van der Waals surface area contributed by atoms with Gasteiger partial charge in [0.15, 0.2) is 11.6 Å². The molecule has 0 aliphatic heterocycles. The first-order valence-electron chi connectivity index (χ1n) is 4.05. The molecule has 0 saturated carbocycles. The van der Waals surface area contributed by atoms with Crippen LogP contribution in [0.2, 0.25) is 0 Å². The molecule has 0 radical (unpaired) electrons. The van der Waals surface area contributed by atoms with E-state index in [2.05, 4.69) is 0 Å². The minimum Gasteiger partial charge on any atom is -0.324 e. The summed E-state index contributed by atoms with van der Waals surface area (Å²) in [6, 6.07) is 0.463. The summed E-state index contributed by atoms with van der Waals surface area (Å²) in [6.45, 7) is 1.35. The third-order valence-electron chi connectivity index (χ3n) is 1.91. The number of nitrogens with two attached hydrogens (primary N) is 1. The summed E-state index contributed by atoms with van der Waals surface area (Å²) >= 11 is 0. The maximum absolute atomic E-state index is 13.1. The van der Waals surface area contributed by atoms with Gasteiger partial charge in [0.1, 0.15) is 0 Å². The Bertz CT molecular complexity index is 370. The van der Waals surface area contributed by atoms with Gasteiger partial charge in [0.05, 0.1) is 5.56 Å². The molecule has 1 unspecified atom stereocenters. The Balaban J connectivity index is 3.34. The molecule has 1 aromatic carbocycles.